The van der Waals surface area contributed by atoms with E-state index in [0.717, 1.165) is 54.0 Å². The third kappa shape index (κ3) is 3.90. The minimum absolute atomic E-state index is 0.224. The summed E-state index contributed by atoms with van der Waals surface area (Å²) in [5, 5.41) is 13.9. The fraction of sp³-hybridized carbons (Fsp3) is 0.300. The van der Waals surface area contributed by atoms with Gasteiger partial charge in [0, 0.05) is 42.0 Å². The standard InChI is InChI=1S/C30H29FN4O/c1-36-29-9-4-22(17-26(29)31)28-18-23-16-25(34-14-11-30(12-15-34)10-13-33-20-30)7-8-27(23)35(28)24-5-2-21(19-32)3-6-24/h2-9,16-18,33H,10-15,20H2,1H3. The molecule has 5 nitrogen and oxygen atoms in total. The van der Waals surface area contributed by atoms with Crippen LogP contribution in [0.4, 0.5) is 10.1 Å². The molecule has 6 rings (SSSR count). The Bertz CT molecular complexity index is 1450. The van der Waals surface area contributed by atoms with Crippen LogP contribution >= 0.6 is 0 Å². The van der Waals surface area contributed by atoms with E-state index in [0.29, 0.717) is 11.0 Å². The predicted molar refractivity (Wildman–Crippen MR) is 141 cm³/mol. The Balaban J connectivity index is 1.42. The van der Waals surface area contributed by atoms with Crippen LogP contribution in [0.1, 0.15) is 24.8 Å². The molecule has 0 bridgehead atoms. The Labute approximate surface area is 210 Å². The Morgan fingerprint density at radius 3 is 2.39 bits per heavy atom. The lowest BCUT2D eigenvalue weighted by Crippen LogP contribution is -2.41. The molecular formula is C30H29FN4O. The summed E-state index contributed by atoms with van der Waals surface area (Å²) in [6, 6.07) is 23.5. The zero-order valence-electron chi connectivity index (χ0n) is 20.4. The van der Waals surface area contributed by atoms with Crippen LogP contribution in [0.15, 0.2) is 66.7 Å². The molecule has 2 fully saturated rings. The summed E-state index contributed by atoms with van der Waals surface area (Å²) in [6.45, 7) is 4.43. The summed E-state index contributed by atoms with van der Waals surface area (Å²) < 4.78 is 21.9. The van der Waals surface area contributed by atoms with Crippen molar-refractivity contribution in [2.45, 2.75) is 19.3 Å². The topological polar surface area (TPSA) is 53.2 Å². The predicted octanol–water partition coefficient (Wildman–Crippen LogP) is 5.90. The monoisotopic (exact) mass is 480 g/mol. The number of nitrogens with one attached hydrogen (secondary N) is 1. The van der Waals surface area contributed by atoms with Crippen molar-refractivity contribution in [3.05, 3.63) is 78.1 Å². The molecule has 2 aliphatic rings. The van der Waals surface area contributed by atoms with Crippen molar-refractivity contribution < 1.29 is 9.13 Å². The molecular weight excluding hydrogens is 451 g/mol. The first-order chi connectivity index (χ1) is 17.6. The number of hydrogen-bond acceptors (Lipinski definition) is 4. The molecule has 2 saturated heterocycles. The van der Waals surface area contributed by atoms with E-state index in [1.807, 2.05) is 30.3 Å². The highest BCUT2D eigenvalue weighted by molar-refractivity contribution is 5.91. The summed E-state index contributed by atoms with van der Waals surface area (Å²) in [7, 11) is 1.47. The fourth-order valence-electron chi connectivity index (χ4n) is 5.86. The number of hydrogen-bond donors (Lipinski definition) is 1. The van der Waals surface area contributed by atoms with Gasteiger partial charge in [0.25, 0.3) is 0 Å². The minimum Gasteiger partial charge on any atom is -0.494 e. The second kappa shape index (κ2) is 9.00. The number of rotatable bonds is 4. The van der Waals surface area contributed by atoms with Crippen molar-refractivity contribution >= 4 is 16.6 Å². The van der Waals surface area contributed by atoms with E-state index in [9.17, 15) is 9.65 Å². The van der Waals surface area contributed by atoms with Crippen LogP contribution in [0.5, 0.6) is 5.75 Å². The molecule has 36 heavy (non-hydrogen) atoms. The summed E-state index contributed by atoms with van der Waals surface area (Å²) >= 11 is 0. The molecule has 2 aliphatic heterocycles. The second-order valence-corrected chi connectivity index (χ2v) is 10.0. The highest BCUT2D eigenvalue weighted by Gasteiger charge is 2.37. The van der Waals surface area contributed by atoms with Crippen LogP contribution in [0.3, 0.4) is 0 Å². The smallest absolute Gasteiger partial charge is 0.165 e. The van der Waals surface area contributed by atoms with Crippen LogP contribution in [0, 0.1) is 22.6 Å². The zero-order valence-corrected chi connectivity index (χ0v) is 20.4. The Morgan fingerprint density at radius 1 is 0.944 bits per heavy atom. The summed E-state index contributed by atoms with van der Waals surface area (Å²) in [6.07, 6.45) is 3.73. The second-order valence-electron chi connectivity index (χ2n) is 10.0. The van der Waals surface area contributed by atoms with Gasteiger partial charge in [0.1, 0.15) is 0 Å². The van der Waals surface area contributed by atoms with E-state index in [4.69, 9.17) is 4.74 Å². The van der Waals surface area contributed by atoms with Crippen molar-refractivity contribution in [2.75, 3.05) is 38.2 Å². The molecule has 0 saturated carbocycles. The van der Waals surface area contributed by atoms with Gasteiger partial charge in [-0.15, -0.1) is 0 Å². The van der Waals surface area contributed by atoms with Crippen LogP contribution in [0.2, 0.25) is 0 Å². The van der Waals surface area contributed by atoms with Gasteiger partial charge in [-0.05, 0) is 98.0 Å². The first-order valence-electron chi connectivity index (χ1n) is 12.5. The maximum atomic E-state index is 14.7. The summed E-state index contributed by atoms with van der Waals surface area (Å²) in [4.78, 5) is 2.49. The Morgan fingerprint density at radius 2 is 1.72 bits per heavy atom. The van der Waals surface area contributed by atoms with Crippen LogP contribution in [-0.4, -0.2) is 37.9 Å². The van der Waals surface area contributed by atoms with E-state index < -0.39 is 5.82 Å². The molecule has 0 aliphatic carbocycles. The molecule has 1 aromatic heterocycles. The molecule has 0 radical (unpaired) electrons. The molecule has 182 valence electrons. The molecule has 6 heteroatoms. The zero-order chi connectivity index (χ0) is 24.7. The highest BCUT2D eigenvalue weighted by Crippen LogP contribution is 2.40. The third-order valence-electron chi connectivity index (χ3n) is 8.01. The van der Waals surface area contributed by atoms with Crippen molar-refractivity contribution in [1.82, 2.24) is 9.88 Å². The molecule has 1 N–H and O–H groups in total. The first kappa shape index (κ1) is 22.6. The number of piperidine rings is 1. The number of nitriles is 1. The lowest BCUT2D eigenvalue weighted by molar-refractivity contribution is 0.247. The number of benzene rings is 3. The molecule has 4 aromatic rings. The van der Waals surface area contributed by atoms with Gasteiger partial charge in [-0.2, -0.15) is 5.26 Å². The molecule has 0 unspecified atom stereocenters. The van der Waals surface area contributed by atoms with E-state index in [1.165, 1.54) is 38.1 Å². The first-order valence-corrected chi connectivity index (χ1v) is 12.5. The van der Waals surface area contributed by atoms with Crippen molar-refractivity contribution in [3.63, 3.8) is 0 Å². The number of anilines is 1. The van der Waals surface area contributed by atoms with Crippen molar-refractivity contribution in [3.8, 4) is 28.8 Å². The summed E-state index contributed by atoms with van der Waals surface area (Å²) in [5.74, 6) is -0.168. The maximum Gasteiger partial charge on any atom is 0.165 e. The van der Waals surface area contributed by atoms with Gasteiger partial charge in [0.15, 0.2) is 11.6 Å². The quantitative estimate of drug-likeness (QED) is 0.395. The minimum atomic E-state index is -0.393. The molecule has 0 amide bonds. The Hall–Kier alpha value is -3.82. The van der Waals surface area contributed by atoms with Gasteiger partial charge in [-0.1, -0.05) is 0 Å². The van der Waals surface area contributed by atoms with Crippen LogP contribution in [0.25, 0.3) is 27.8 Å². The average molecular weight is 481 g/mol. The van der Waals surface area contributed by atoms with Crippen molar-refractivity contribution in [1.29, 1.82) is 5.26 Å². The number of methoxy groups -OCH3 is 1. The normalized spacial score (nSPS) is 17.0. The van der Waals surface area contributed by atoms with Crippen LogP contribution in [-0.2, 0) is 0 Å². The third-order valence-corrected chi connectivity index (χ3v) is 8.01. The van der Waals surface area contributed by atoms with Gasteiger partial charge >= 0.3 is 0 Å². The van der Waals surface area contributed by atoms with Gasteiger partial charge < -0.3 is 19.5 Å². The summed E-state index contributed by atoms with van der Waals surface area (Å²) in [5.41, 5.74) is 5.94. The number of fused-ring (bicyclic) bond motifs is 1. The molecule has 3 heterocycles. The van der Waals surface area contributed by atoms with Gasteiger partial charge in [-0.25, -0.2) is 4.39 Å². The highest BCUT2D eigenvalue weighted by atomic mass is 19.1. The largest absolute Gasteiger partial charge is 0.494 e. The van der Waals surface area contributed by atoms with Gasteiger partial charge in [-0.3, -0.25) is 0 Å². The number of halogens is 1. The number of nitrogens with zero attached hydrogens (tertiary/aromatic N) is 3. The maximum absolute atomic E-state index is 14.7. The average Bonchev–Trinajstić information content (AvgIpc) is 3.53. The van der Waals surface area contributed by atoms with E-state index >= 15 is 0 Å². The van der Waals surface area contributed by atoms with E-state index in [-0.39, 0.29) is 5.75 Å². The lowest BCUT2D eigenvalue weighted by Gasteiger charge is -2.40. The number of ether oxygens (including phenoxy) is 1. The molecule has 3 aromatic carbocycles. The van der Waals surface area contributed by atoms with Gasteiger partial charge in [0.2, 0.25) is 0 Å². The number of aromatic nitrogens is 1. The van der Waals surface area contributed by atoms with Crippen molar-refractivity contribution in [2.24, 2.45) is 5.41 Å². The van der Waals surface area contributed by atoms with Gasteiger partial charge in [0.05, 0.1) is 30.0 Å². The van der Waals surface area contributed by atoms with E-state index in [1.54, 1.807) is 6.07 Å². The lowest BCUT2D eigenvalue weighted by atomic mass is 9.78. The molecule has 0 atom stereocenters. The van der Waals surface area contributed by atoms with Crippen LogP contribution < -0.4 is 15.0 Å². The fourth-order valence-corrected chi connectivity index (χ4v) is 5.86. The SMILES string of the molecule is COc1ccc(-c2cc3cc(N4CCC5(CCNC5)CC4)ccc3n2-c2ccc(C#N)cc2)cc1F. The van der Waals surface area contributed by atoms with E-state index in [2.05, 4.69) is 45.1 Å². The Kier molecular flexibility index (Phi) is 5.66. The molecule has 1 spiro atoms.